The number of aryl methyl sites for hydroxylation is 2. The molecule has 29 heavy (non-hydrogen) atoms. The van der Waals surface area contributed by atoms with E-state index in [4.69, 9.17) is 21.6 Å². The van der Waals surface area contributed by atoms with Crippen molar-refractivity contribution in [1.29, 1.82) is 0 Å². The molecule has 0 aliphatic heterocycles. The Balaban J connectivity index is 1.59. The Morgan fingerprint density at radius 1 is 1.14 bits per heavy atom. The molecule has 0 saturated carbocycles. The van der Waals surface area contributed by atoms with Crippen molar-refractivity contribution >= 4 is 55.1 Å². The van der Waals surface area contributed by atoms with Crippen LogP contribution in [0.25, 0.3) is 20.4 Å². The second-order valence-electron chi connectivity index (χ2n) is 7.49. The zero-order chi connectivity index (χ0) is 19.8. The topological polar surface area (TPSA) is 38.7 Å². The summed E-state index contributed by atoms with van der Waals surface area (Å²) in [4.78, 5) is 15.5. The summed E-state index contributed by atoms with van der Waals surface area (Å²) in [5.41, 5.74) is 6.52. The molecule has 148 valence electrons. The van der Waals surface area contributed by atoms with Crippen LogP contribution in [0.4, 0.5) is 0 Å². The highest BCUT2D eigenvalue weighted by Gasteiger charge is 2.24. The Morgan fingerprint density at radius 3 is 2.86 bits per heavy atom. The molecule has 0 N–H and O–H groups in total. The molecule has 0 amide bonds. The van der Waals surface area contributed by atoms with Gasteiger partial charge in [-0.1, -0.05) is 43.1 Å². The van der Waals surface area contributed by atoms with Crippen molar-refractivity contribution in [2.24, 2.45) is 0 Å². The number of benzene rings is 1. The summed E-state index contributed by atoms with van der Waals surface area (Å²) in [6.45, 7) is 2.25. The van der Waals surface area contributed by atoms with Crippen LogP contribution in [0, 0.1) is 0 Å². The first-order chi connectivity index (χ1) is 14.3. The molecule has 0 unspecified atom stereocenters. The lowest BCUT2D eigenvalue weighted by Gasteiger charge is -2.08. The summed E-state index contributed by atoms with van der Waals surface area (Å²) in [7, 11) is 0. The zero-order valence-electron chi connectivity index (χ0n) is 16.4. The number of unbranched alkanes of at least 4 members (excludes halogenated alkanes) is 1. The predicted octanol–water partition coefficient (Wildman–Crippen LogP) is 7.02. The summed E-state index contributed by atoms with van der Waals surface area (Å²) in [6, 6.07) is 8.01. The Bertz CT molecular complexity index is 1200. The smallest absolute Gasteiger partial charge is 0.126 e. The fourth-order valence-electron chi connectivity index (χ4n) is 4.17. The van der Waals surface area contributed by atoms with E-state index in [1.54, 1.807) is 29.4 Å². The Labute approximate surface area is 183 Å². The second kappa shape index (κ2) is 8.21. The van der Waals surface area contributed by atoms with E-state index in [2.05, 4.69) is 18.0 Å². The molecule has 0 atom stereocenters. The predicted molar refractivity (Wildman–Crippen MR) is 124 cm³/mol. The molecule has 0 saturated heterocycles. The van der Waals surface area contributed by atoms with Gasteiger partial charge in [0.15, 0.2) is 0 Å². The van der Waals surface area contributed by atoms with Crippen molar-refractivity contribution in [3.8, 4) is 0 Å². The van der Waals surface area contributed by atoms with Gasteiger partial charge in [0.05, 0.1) is 10.2 Å². The first-order valence-corrected chi connectivity index (χ1v) is 12.4. The van der Waals surface area contributed by atoms with Gasteiger partial charge in [-0.15, -0.1) is 23.1 Å². The Kier molecular flexibility index (Phi) is 5.46. The number of hydrogen-bond donors (Lipinski definition) is 0. The average molecular weight is 440 g/mol. The van der Waals surface area contributed by atoms with E-state index in [0.29, 0.717) is 0 Å². The van der Waals surface area contributed by atoms with E-state index in [9.17, 15) is 0 Å². The number of thiophene rings is 1. The molecule has 1 aliphatic rings. The van der Waals surface area contributed by atoms with E-state index in [-0.39, 0.29) is 0 Å². The van der Waals surface area contributed by atoms with Crippen LogP contribution in [0.5, 0.6) is 0 Å². The van der Waals surface area contributed by atoms with Crippen LogP contribution in [0.3, 0.4) is 0 Å². The van der Waals surface area contributed by atoms with Crippen molar-refractivity contribution in [1.82, 2.24) is 15.0 Å². The lowest BCUT2D eigenvalue weighted by molar-refractivity contribution is 0.770. The highest BCUT2D eigenvalue weighted by molar-refractivity contribution is 7.98. The van der Waals surface area contributed by atoms with Gasteiger partial charge >= 0.3 is 0 Å². The van der Waals surface area contributed by atoms with Gasteiger partial charge in [-0.05, 0) is 54.9 Å². The van der Waals surface area contributed by atoms with Crippen molar-refractivity contribution in [3.63, 3.8) is 0 Å². The maximum absolute atomic E-state index is 6.34. The maximum atomic E-state index is 6.34. The summed E-state index contributed by atoms with van der Waals surface area (Å²) in [5, 5.41) is 3.11. The van der Waals surface area contributed by atoms with Crippen LogP contribution in [0.2, 0.25) is 5.02 Å². The molecule has 0 radical (unpaired) electrons. The summed E-state index contributed by atoms with van der Waals surface area (Å²) in [6.07, 6.45) is 8.73. The fourth-order valence-corrected chi connectivity index (χ4v) is 6.71. The number of aromatic nitrogens is 3. The van der Waals surface area contributed by atoms with Gasteiger partial charge in [0.2, 0.25) is 0 Å². The minimum atomic E-state index is 0.799. The van der Waals surface area contributed by atoms with Crippen molar-refractivity contribution in [2.45, 2.75) is 56.2 Å². The number of thioether (sulfide) groups is 1. The molecule has 1 aliphatic carbocycles. The van der Waals surface area contributed by atoms with Crippen LogP contribution < -0.4 is 0 Å². The molecule has 3 aromatic heterocycles. The largest absolute Gasteiger partial charge is 0.242 e. The molecule has 4 aromatic rings. The van der Waals surface area contributed by atoms with Crippen LogP contribution >= 0.6 is 34.7 Å². The molecule has 1 aromatic carbocycles. The molecule has 0 fully saturated rings. The molecule has 5 rings (SSSR count). The number of fused-ring (bicyclic) bond motifs is 5. The third kappa shape index (κ3) is 3.54. The number of pyridine rings is 1. The molecule has 3 nitrogen and oxygen atoms in total. The normalized spacial score (nSPS) is 13.4. The van der Waals surface area contributed by atoms with Gasteiger partial charge in [-0.2, -0.15) is 0 Å². The summed E-state index contributed by atoms with van der Waals surface area (Å²) < 4.78 is 1.16. The standard InChI is InChI=1S/C23H22ClN3S2/c1-2-3-11-18-15-8-6-9-16(15)19-20-21(29-22(19)27-18)23(26-13-25-20)28-12-14-7-4-5-10-17(14)24/h4-5,7,10,13H,2-3,6,8-9,11-12H2,1H3. The quantitative estimate of drug-likeness (QED) is 0.239. The summed E-state index contributed by atoms with van der Waals surface area (Å²) in [5.74, 6) is 0.799. The number of halogens is 1. The first kappa shape index (κ1) is 19.3. The van der Waals surface area contributed by atoms with Crippen molar-refractivity contribution in [2.75, 3.05) is 0 Å². The second-order valence-corrected chi connectivity index (χ2v) is 9.86. The van der Waals surface area contributed by atoms with Crippen LogP contribution in [0.15, 0.2) is 35.6 Å². The number of nitrogens with zero attached hydrogens (tertiary/aromatic N) is 3. The monoisotopic (exact) mass is 439 g/mol. The molecule has 6 heteroatoms. The number of rotatable bonds is 6. The molecular formula is C23H22ClN3S2. The minimum absolute atomic E-state index is 0.799. The first-order valence-electron chi connectivity index (χ1n) is 10.2. The zero-order valence-corrected chi connectivity index (χ0v) is 18.8. The van der Waals surface area contributed by atoms with Gasteiger partial charge < -0.3 is 0 Å². The van der Waals surface area contributed by atoms with E-state index in [0.717, 1.165) is 55.7 Å². The highest BCUT2D eigenvalue weighted by atomic mass is 35.5. The lowest BCUT2D eigenvalue weighted by Crippen LogP contribution is -1.98. The molecule has 0 spiro atoms. The third-order valence-electron chi connectivity index (χ3n) is 5.61. The maximum Gasteiger partial charge on any atom is 0.126 e. The van der Waals surface area contributed by atoms with Gasteiger partial charge in [0.25, 0.3) is 0 Å². The van der Waals surface area contributed by atoms with Crippen LogP contribution in [0.1, 0.15) is 48.6 Å². The highest BCUT2D eigenvalue weighted by Crippen LogP contribution is 2.42. The Hall–Kier alpha value is -1.69. The third-order valence-corrected chi connectivity index (χ3v) is 8.23. The van der Waals surface area contributed by atoms with Gasteiger partial charge in [0, 0.05) is 21.9 Å². The molecular weight excluding hydrogens is 418 g/mol. The van der Waals surface area contributed by atoms with Crippen molar-refractivity contribution < 1.29 is 0 Å². The van der Waals surface area contributed by atoms with Crippen molar-refractivity contribution in [3.05, 3.63) is 58.0 Å². The lowest BCUT2D eigenvalue weighted by atomic mass is 10.0. The van der Waals surface area contributed by atoms with Crippen LogP contribution in [-0.2, 0) is 25.0 Å². The Morgan fingerprint density at radius 2 is 2.00 bits per heavy atom. The van der Waals surface area contributed by atoms with E-state index < -0.39 is 0 Å². The molecule has 3 heterocycles. The van der Waals surface area contributed by atoms with E-state index >= 15 is 0 Å². The minimum Gasteiger partial charge on any atom is -0.242 e. The molecule has 0 bridgehead atoms. The van der Waals surface area contributed by atoms with Crippen LogP contribution in [-0.4, -0.2) is 15.0 Å². The summed E-state index contributed by atoms with van der Waals surface area (Å²) >= 11 is 9.82. The van der Waals surface area contributed by atoms with Gasteiger partial charge in [0.1, 0.15) is 16.2 Å². The SMILES string of the molecule is CCCCc1nc2sc3c(SCc4ccccc4Cl)ncnc3c2c2c1CCC2. The fraction of sp³-hybridized carbons (Fsp3) is 0.348. The van der Waals surface area contributed by atoms with Gasteiger partial charge in [-0.3, -0.25) is 0 Å². The van der Waals surface area contributed by atoms with Gasteiger partial charge in [-0.25, -0.2) is 15.0 Å². The number of hydrogen-bond acceptors (Lipinski definition) is 5. The average Bonchev–Trinajstić information content (AvgIpc) is 3.36. The van der Waals surface area contributed by atoms with E-state index in [1.807, 2.05) is 18.2 Å². The van der Waals surface area contributed by atoms with E-state index in [1.165, 1.54) is 41.5 Å².